The molecule has 2 aliphatic heterocycles. The van der Waals surface area contributed by atoms with Crippen molar-refractivity contribution in [1.29, 1.82) is 0 Å². The number of halogens is 1. The highest BCUT2D eigenvalue weighted by Gasteiger charge is 2.47. The monoisotopic (exact) mass is 486 g/mol. The van der Waals surface area contributed by atoms with Crippen molar-refractivity contribution in [2.75, 3.05) is 51.7 Å². The second kappa shape index (κ2) is 8.55. The lowest BCUT2D eigenvalue weighted by Crippen LogP contribution is -2.55. The van der Waals surface area contributed by atoms with Crippen LogP contribution >= 0.6 is 0 Å². The summed E-state index contributed by atoms with van der Waals surface area (Å²) in [6.07, 6.45) is 7.65. The maximum absolute atomic E-state index is 13.5. The van der Waals surface area contributed by atoms with Crippen LogP contribution in [0.1, 0.15) is 30.5 Å². The second-order valence-electron chi connectivity index (χ2n) is 10.3. The van der Waals surface area contributed by atoms with Crippen molar-refractivity contribution in [2.24, 2.45) is 11.3 Å². The Bertz CT molecular complexity index is 1200. The highest BCUT2D eigenvalue weighted by Crippen LogP contribution is 2.46. The van der Waals surface area contributed by atoms with E-state index < -0.39 is 10.0 Å². The Labute approximate surface area is 200 Å². The number of nitrogens with zero attached hydrogens (tertiary/aromatic N) is 4. The summed E-state index contributed by atoms with van der Waals surface area (Å²) in [5.41, 5.74) is 3.99. The molecule has 2 aromatic rings. The molecule has 3 fully saturated rings. The summed E-state index contributed by atoms with van der Waals surface area (Å²) in [5, 5.41) is 4.63. The second-order valence-corrected chi connectivity index (χ2v) is 12.3. The minimum Gasteiger partial charge on any atom is -0.379 e. The number of hydrogen-bond acceptors (Lipinski definition) is 5. The van der Waals surface area contributed by atoms with Crippen molar-refractivity contribution >= 4 is 16.1 Å². The fraction of sp³-hybridized carbons (Fsp3) is 0.560. The Kier molecular flexibility index (Phi) is 5.63. The number of fused-ring (bicyclic) bond motifs is 2. The first kappa shape index (κ1) is 22.4. The van der Waals surface area contributed by atoms with Gasteiger partial charge >= 0.3 is 0 Å². The van der Waals surface area contributed by atoms with Gasteiger partial charge in [-0.15, -0.1) is 0 Å². The number of rotatable bonds is 6. The zero-order valence-electron chi connectivity index (χ0n) is 19.3. The highest BCUT2D eigenvalue weighted by molar-refractivity contribution is 7.89. The van der Waals surface area contributed by atoms with Crippen LogP contribution < -0.4 is 0 Å². The molecule has 0 radical (unpaired) electrons. The Hall–Kier alpha value is -2.07. The minimum atomic E-state index is -3.26. The summed E-state index contributed by atoms with van der Waals surface area (Å²) in [5.74, 6) is 0.351. The summed E-state index contributed by atoms with van der Waals surface area (Å²) in [7, 11) is -3.26. The van der Waals surface area contributed by atoms with Gasteiger partial charge in [0.1, 0.15) is 5.82 Å². The minimum absolute atomic E-state index is 0.268. The number of hydrogen-bond donors (Lipinski definition) is 0. The van der Waals surface area contributed by atoms with Crippen LogP contribution in [0.2, 0.25) is 0 Å². The van der Waals surface area contributed by atoms with Gasteiger partial charge in [0.15, 0.2) is 0 Å². The summed E-state index contributed by atoms with van der Waals surface area (Å²) in [6, 6.07) is 6.38. The van der Waals surface area contributed by atoms with Gasteiger partial charge in [0.2, 0.25) is 10.0 Å². The third-order valence-corrected chi connectivity index (χ3v) is 9.75. The van der Waals surface area contributed by atoms with E-state index in [1.807, 2.05) is 10.9 Å². The van der Waals surface area contributed by atoms with Gasteiger partial charge in [-0.25, -0.2) is 21.8 Å². The molecule has 1 saturated carbocycles. The van der Waals surface area contributed by atoms with Gasteiger partial charge in [-0.05, 0) is 67.5 Å². The molecule has 1 unspecified atom stereocenters. The van der Waals surface area contributed by atoms with Crippen LogP contribution in [0.5, 0.6) is 0 Å². The Balaban J connectivity index is 1.35. The topological polar surface area (TPSA) is 67.7 Å². The van der Waals surface area contributed by atoms with Crippen molar-refractivity contribution in [3.63, 3.8) is 0 Å². The van der Waals surface area contributed by atoms with Crippen LogP contribution in [0.4, 0.5) is 4.39 Å². The molecule has 3 heterocycles. The molecule has 7 nitrogen and oxygen atoms in total. The van der Waals surface area contributed by atoms with E-state index in [0.717, 1.165) is 62.3 Å². The average molecular weight is 487 g/mol. The molecule has 9 heteroatoms. The highest BCUT2D eigenvalue weighted by atomic mass is 32.2. The normalized spacial score (nSPS) is 26.1. The predicted octanol–water partition coefficient (Wildman–Crippen LogP) is 2.72. The van der Waals surface area contributed by atoms with E-state index in [2.05, 4.69) is 16.1 Å². The van der Waals surface area contributed by atoms with E-state index in [1.54, 1.807) is 16.4 Å². The Morgan fingerprint density at radius 3 is 2.62 bits per heavy atom. The maximum Gasteiger partial charge on any atom is 0.214 e. The number of ether oxygens (including phenoxy) is 1. The quantitative estimate of drug-likeness (QED) is 0.628. The standard InChI is InChI=1S/C25H31FN4O3S/c26-22-3-5-23(6-4-22)30-24-13-21-7-8-29(34(31,32)16-19-1-2-19)18-25(21,14-20(24)15-27-30)17-28-9-11-33-12-10-28/h3-6,13,15,19H,1-2,7-12,14,16-18H2. The Morgan fingerprint density at radius 1 is 1.12 bits per heavy atom. The molecule has 0 amide bonds. The smallest absolute Gasteiger partial charge is 0.214 e. The van der Waals surface area contributed by atoms with Crippen LogP contribution in [0, 0.1) is 17.2 Å². The van der Waals surface area contributed by atoms with E-state index in [1.165, 1.54) is 17.7 Å². The van der Waals surface area contributed by atoms with Crippen molar-refractivity contribution in [3.8, 4) is 5.69 Å². The fourth-order valence-electron chi connectivity index (χ4n) is 5.74. The first-order chi connectivity index (χ1) is 16.4. The fourth-order valence-corrected chi connectivity index (χ4v) is 7.70. The lowest BCUT2D eigenvalue weighted by atomic mass is 9.68. The largest absolute Gasteiger partial charge is 0.379 e. The van der Waals surface area contributed by atoms with E-state index in [-0.39, 0.29) is 17.0 Å². The molecule has 182 valence electrons. The van der Waals surface area contributed by atoms with Crippen molar-refractivity contribution in [2.45, 2.75) is 25.7 Å². The molecule has 2 saturated heterocycles. The molecule has 1 aromatic carbocycles. The number of aromatic nitrogens is 2. The molecule has 0 spiro atoms. The van der Waals surface area contributed by atoms with Crippen LogP contribution in [0.15, 0.2) is 36.0 Å². The lowest BCUT2D eigenvalue weighted by Gasteiger charge is -2.48. The predicted molar refractivity (Wildman–Crippen MR) is 128 cm³/mol. The van der Waals surface area contributed by atoms with Crippen LogP contribution in [-0.4, -0.2) is 79.1 Å². The number of piperidine rings is 1. The van der Waals surface area contributed by atoms with Gasteiger partial charge in [-0.3, -0.25) is 4.90 Å². The van der Waals surface area contributed by atoms with E-state index in [4.69, 9.17) is 4.74 Å². The summed E-state index contributed by atoms with van der Waals surface area (Å²) in [6.45, 7) is 5.03. The molecule has 34 heavy (non-hydrogen) atoms. The third kappa shape index (κ3) is 4.23. The zero-order chi connectivity index (χ0) is 23.3. The van der Waals surface area contributed by atoms with Crippen molar-refractivity contribution < 1.29 is 17.5 Å². The van der Waals surface area contributed by atoms with Crippen LogP contribution in [-0.2, 0) is 21.2 Å². The van der Waals surface area contributed by atoms with Gasteiger partial charge in [0.25, 0.3) is 0 Å². The van der Waals surface area contributed by atoms with Gasteiger partial charge in [0, 0.05) is 38.1 Å². The molecular formula is C25H31FN4O3S. The Morgan fingerprint density at radius 2 is 1.88 bits per heavy atom. The van der Waals surface area contributed by atoms with Gasteiger partial charge < -0.3 is 4.74 Å². The summed E-state index contributed by atoms with van der Waals surface area (Å²) < 4.78 is 49.1. The van der Waals surface area contributed by atoms with Gasteiger partial charge in [0.05, 0.1) is 36.5 Å². The zero-order valence-corrected chi connectivity index (χ0v) is 20.1. The van der Waals surface area contributed by atoms with Crippen LogP contribution in [0.3, 0.4) is 0 Å². The van der Waals surface area contributed by atoms with E-state index in [0.29, 0.717) is 32.2 Å². The number of morpholine rings is 1. The molecular weight excluding hydrogens is 455 g/mol. The van der Waals surface area contributed by atoms with Crippen molar-refractivity contribution in [1.82, 2.24) is 19.0 Å². The molecule has 0 N–H and O–H groups in total. The summed E-state index contributed by atoms with van der Waals surface area (Å²) in [4.78, 5) is 2.42. The van der Waals surface area contributed by atoms with Crippen LogP contribution in [0.25, 0.3) is 11.8 Å². The van der Waals surface area contributed by atoms with E-state index in [9.17, 15) is 12.8 Å². The van der Waals surface area contributed by atoms with Gasteiger partial charge in [-0.1, -0.05) is 5.57 Å². The molecule has 1 aromatic heterocycles. The number of sulfonamides is 1. The molecule has 1 atom stereocenters. The summed E-state index contributed by atoms with van der Waals surface area (Å²) >= 11 is 0. The van der Waals surface area contributed by atoms with E-state index >= 15 is 0 Å². The molecule has 4 aliphatic rings. The maximum atomic E-state index is 13.5. The van der Waals surface area contributed by atoms with Gasteiger partial charge in [-0.2, -0.15) is 5.10 Å². The SMILES string of the molecule is O=S(=O)(CC1CC1)N1CCC2=Cc3c(cnn3-c3ccc(F)cc3)CC2(CN2CCOCC2)C1. The molecule has 2 aliphatic carbocycles. The molecule has 0 bridgehead atoms. The lowest BCUT2D eigenvalue weighted by molar-refractivity contribution is 0.0153. The first-order valence-corrected chi connectivity index (χ1v) is 13.8. The first-order valence-electron chi connectivity index (χ1n) is 12.2. The third-order valence-electron chi connectivity index (χ3n) is 7.75. The average Bonchev–Trinajstić information content (AvgIpc) is 3.54. The van der Waals surface area contributed by atoms with Crippen molar-refractivity contribution in [3.05, 3.63) is 53.1 Å². The molecule has 6 rings (SSSR count). The number of benzene rings is 1.